The van der Waals surface area contributed by atoms with Crippen LogP contribution in [0.3, 0.4) is 0 Å². The van der Waals surface area contributed by atoms with Crippen LogP contribution in [0, 0.1) is 0 Å². The first-order valence-electron chi connectivity index (χ1n) is 9.87. The lowest BCUT2D eigenvalue weighted by Gasteiger charge is -2.33. The van der Waals surface area contributed by atoms with Gasteiger partial charge in [0.25, 0.3) is 0 Å². The highest BCUT2D eigenvalue weighted by atomic mass is 16.6. The summed E-state index contributed by atoms with van der Waals surface area (Å²) in [6.45, 7) is 7.98. The first-order valence-corrected chi connectivity index (χ1v) is 9.87. The highest BCUT2D eigenvalue weighted by Gasteiger charge is 2.27. The quantitative estimate of drug-likeness (QED) is 0.864. The second-order valence-corrected chi connectivity index (χ2v) is 8.51. The van der Waals surface area contributed by atoms with E-state index in [4.69, 9.17) is 4.74 Å². The van der Waals surface area contributed by atoms with Gasteiger partial charge in [-0.1, -0.05) is 24.3 Å². The highest BCUT2D eigenvalue weighted by molar-refractivity contribution is 5.96. The molecule has 4 amide bonds. The van der Waals surface area contributed by atoms with Crippen LogP contribution in [0.2, 0.25) is 0 Å². The molecule has 28 heavy (non-hydrogen) atoms. The molecular weight excluding hydrogens is 358 g/mol. The molecule has 0 unspecified atom stereocenters. The number of likely N-dealkylation sites (tertiary alicyclic amines) is 1. The van der Waals surface area contributed by atoms with Gasteiger partial charge in [-0.05, 0) is 50.7 Å². The molecule has 0 aromatic heterocycles. The average Bonchev–Trinajstić information content (AvgIpc) is 2.63. The second-order valence-electron chi connectivity index (χ2n) is 8.51. The Morgan fingerprint density at radius 3 is 2.32 bits per heavy atom. The predicted octanol–water partition coefficient (Wildman–Crippen LogP) is 3.24. The molecule has 0 saturated carbocycles. The molecule has 1 N–H and O–H groups in total. The first kappa shape index (κ1) is 20.2. The number of ether oxygens (including phenoxy) is 1. The Labute approximate surface area is 166 Å². The fourth-order valence-corrected chi connectivity index (χ4v) is 3.59. The summed E-state index contributed by atoms with van der Waals surface area (Å²) in [5.74, 6) is 0.206. The maximum atomic E-state index is 12.2. The van der Waals surface area contributed by atoms with Crippen LogP contribution in [-0.4, -0.2) is 53.1 Å². The second kappa shape index (κ2) is 8.20. The van der Waals surface area contributed by atoms with Crippen molar-refractivity contribution < 1.29 is 19.1 Å². The summed E-state index contributed by atoms with van der Waals surface area (Å²) in [6, 6.07) is 7.97. The maximum absolute atomic E-state index is 12.2. The number of benzene rings is 1. The van der Waals surface area contributed by atoms with E-state index in [1.807, 2.05) is 32.9 Å². The monoisotopic (exact) mass is 387 g/mol. The molecule has 0 spiro atoms. The third-order valence-electron chi connectivity index (χ3n) is 5.11. The molecule has 7 heteroatoms. The van der Waals surface area contributed by atoms with E-state index in [0.717, 1.165) is 18.4 Å². The standard InChI is InChI=1S/C21H29N3O4/c1-21(2,3)28-20(27)23-11-8-17(9-12-23)16-6-4-15(5-7-16)14-24-13-10-18(25)22-19(24)26/h4-7,17H,8-14H2,1-3H3,(H,22,25,26). The maximum Gasteiger partial charge on any atom is 0.410 e. The Morgan fingerprint density at radius 1 is 1.11 bits per heavy atom. The summed E-state index contributed by atoms with van der Waals surface area (Å²) >= 11 is 0. The van der Waals surface area contributed by atoms with Gasteiger partial charge in [0.05, 0.1) is 0 Å². The van der Waals surface area contributed by atoms with Crippen molar-refractivity contribution in [3.8, 4) is 0 Å². The van der Waals surface area contributed by atoms with Gasteiger partial charge in [0.15, 0.2) is 0 Å². The van der Waals surface area contributed by atoms with Gasteiger partial charge in [-0.15, -0.1) is 0 Å². The Morgan fingerprint density at radius 2 is 1.75 bits per heavy atom. The summed E-state index contributed by atoms with van der Waals surface area (Å²) in [7, 11) is 0. The van der Waals surface area contributed by atoms with E-state index in [9.17, 15) is 14.4 Å². The van der Waals surface area contributed by atoms with E-state index in [-0.39, 0.29) is 18.0 Å². The molecule has 0 aliphatic carbocycles. The molecule has 2 aliphatic rings. The molecule has 1 aromatic carbocycles. The van der Waals surface area contributed by atoms with Crippen molar-refractivity contribution in [1.29, 1.82) is 0 Å². The van der Waals surface area contributed by atoms with E-state index >= 15 is 0 Å². The number of hydrogen-bond donors (Lipinski definition) is 1. The van der Waals surface area contributed by atoms with Gasteiger partial charge in [-0.2, -0.15) is 0 Å². The lowest BCUT2D eigenvalue weighted by molar-refractivity contribution is -0.121. The molecule has 2 heterocycles. The Kier molecular flexibility index (Phi) is 5.91. The van der Waals surface area contributed by atoms with Crippen LogP contribution in [0.15, 0.2) is 24.3 Å². The van der Waals surface area contributed by atoms with E-state index < -0.39 is 5.60 Å². The molecule has 2 fully saturated rings. The van der Waals surface area contributed by atoms with Crippen molar-refractivity contribution in [2.24, 2.45) is 0 Å². The van der Waals surface area contributed by atoms with E-state index in [1.54, 1.807) is 9.80 Å². The minimum atomic E-state index is -0.470. The minimum absolute atomic E-state index is 0.214. The summed E-state index contributed by atoms with van der Waals surface area (Å²) < 4.78 is 5.45. The van der Waals surface area contributed by atoms with Crippen molar-refractivity contribution >= 4 is 18.0 Å². The largest absolute Gasteiger partial charge is 0.444 e. The van der Waals surface area contributed by atoms with Gasteiger partial charge in [0, 0.05) is 32.6 Å². The van der Waals surface area contributed by atoms with Crippen LogP contribution < -0.4 is 5.32 Å². The first-order chi connectivity index (χ1) is 13.2. The lowest BCUT2D eigenvalue weighted by atomic mass is 9.89. The Balaban J connectivity index is 1.51. The van der Waals surface area contributed by atoms with Crippen LogP contribution in [0.25, 0.3) is 0 Å². The van der Waals surface area contributed by atoms with Gasteiger partial charge in [0.2, 0.25) is 5.91 Å². The number of nitrogens with zero attached hydrogens (tertiary/aromatic N) is 2. The number of urea groups is 1. The van der Waals surface area contributed by atoms with Crippen molar-refractivity contribution in [3.63, 3.8) is 0 Å². The van der Waals surface area contributed by atoms with Crippen LogP contribution in [0.5, 0.6) is 0 Å². The van der Waals surface area contributed by atoms with E-state index in [0.29, 0.717) is 38.5 Å². The SMILES string of the molecule is CC(C)(C)OC(=O)N1CCC(c2ccc(CN3CCC(=O)NC3=O)cc2)CC1. The molecule has 1 aromatic rings. The number of rotatable bonds is 3. The van der Waals surface area contributed by atoms with Gasteiger partial charge in [-0.3, -0.25) is 10.1 Å². The number of hydrogen-bond acceptors (Lipinski definition) is 4. The summed E-state index contributed by atoms with van der Waals surface area (Å²) in [5, 5.41) is 2.35. The molecule has 0 radical (unpaired) electrons. The fraction of sp³-hybridized carbons (Fsp3) is 0.571. The summed E-state index contributed by atoms with van der Waals surface area (Å²) in [6.07, 6.45) is 1.93. The predicted molar refractivity (Wildman–Crippen MR) is 105 cm³/mol. The average molecular weight is 387 g/mol. The van der Waals surface area contributed by atoms with Crippen LogP contribution in [-0.2, 0) is 16.1 Å². The zero-order valence-electron chi connectivity index (χ0n) is 16.9. The fourth-order valence-electron chi connectivity index (χ4n) is 3.59. The van der Waals surface area contributed by atoms with Crippen molar-refractivity contribution in [3.05, 3.63) is 35.4 Å². The van der Waals surface area contributed by atoms with Gasteiger partial charge in [0.1, 0.15) is 5.60 Å². The molecule has 7 nitrogen and oxygen atoms in total. The van der Waals surface area contributed by atoms with Crippen LogP contribution in [0.4, 0.5) is 9.59 Å². The number of carbonyl (C=O) groups is 3. The van der Waals surface area contributed by atoms with E-state index in [1.165, 1.54) is 5.56 Å². The molecule has 0 atom stereocenters. The molecule has 2 aliphatic heterocycles. The molecule has 2 saturated heterocycles. The smallest absolute Gasteiger partial charge is 0.410 e. The van der Waals surface area contributed by atoms with Crippen LogP contribution in [0.1, 0.15) is 57.1 Å². The van der Waals surface area contributed by atoms with Gasteiger partial charge in [-0.25, -0.2) is 9.59 Å². The number of imide groups is 1. The number of piperidine rings is 1. The van der Waals surface area contributed by atoms with Crippen molar-refractivity contribution in [2.45, 2.75) is 58.1 Å². The normalized spacial score (nSPS) is 18.8. The third-order valence-corrected chi connectivity index (χ3v) is 5.11. The van der Waals surface area contributed by atoms with Crippen LogP contribution >= 0.6 is 0 Å². The summed E-state index contributed by atoms with van der Waals surface area (Å²) in [4.78, 5) is 38.7. The zero-order chi connectivity index (χ0) is 20.3. The number of amides is 4. The zero-order valence-corrected chi connectivity index (χ0v) is 16.9. The Hall–Kier alpha value is -2.57. The molecule has 0 bridgehead atoms. The molecule has 152 valence electrons. The molecular formula is C21H29N3O4. The van der Waals surface area contributed by atoms with Gasteiger partial charge >= 0.3 is 12.1 Å². The van der Waals surface area contributed by atoms with Crippen molar-refractivity contribution in [2.75, 3.05) is 19.6 Å². The lowest BCUT2D eigenvalue weighted by Crippen LogP contribution is -2.48. The Bertz CT molecular complexity index is 731. The molecule has 3 rings (SSSR count). The van der Waals surface area contributed by atoms with Crippen molar-refractivity contribution in [1.82, 2.24) is 15.1 Å². The van der Waals surface area contributed by atoms with E-state index in [2.05, 4.69) is 17.4 Å². The van der Waals surface area contributed by atoms with Gasteiger partial charge < -0.3 is 14.5 Å². The number of carbonyl (C=O) groups excluding carboxylic acids is 3. The summed E-state index contributed by atoms with van der Waals surface area (Å²) in [5.41, 5.74) is 1.83. The highest BCUT2D eigenvalue weighted by Crippen LogP contribution is 2.29. The minimum Gasteiger partial charge on any atom is -0.444 e. The number of nitrogens with one attached hydrogen (secondary N) is 1. The third kappa shape index (κ3) is 5.24. The topological polar surface area (TPSA) is 79.0 Å².